The Labute approximate surface area is 91.1 Å². The molecule has 0 aliphatic heterocycles. The van der Waals surface area contributed by atoms with Crippen LogP contribution in [0, 0.1) is 17.8 Å². The van der Waals surface area contributed by atoms with Crippen molar-refractivity contribution in [1.82, 2.24) is 0 Å². The zero-order valence-electron chi connectivity index (χ0n) is 9.70. The first-order chi connectivity index (χ1) is 7.00. The molecule has 1 aliphatic carbocycles. The minimum Gasteiger partial charge on any atom is -0.365 e. The number of guanidine groups is 1. The molecule has 3 atom stereocenters. The van der Waals surface area contributed by atoms with Crippen LogP contribution in [0.1, 0.15) is 27.2 Å². The number of nitrogens with two attached hydrogens (primary N) is 2. The summed E-state index contributed by atoms with van der Waals surface area (Å²) in [4.78, 5) is 0. The number of allylic oxidation sites excluding steroid dienone is 2. The molecule has 15 heavy (non-hydrogen) atoms. The number of nitrogens with one attached hydrogen (secondary N) is 1. The Morgan fingerprint density at radius 2 is 2.20 bits per heavy atom. The molecule has 1 aliphatic rings. The van der Waals surface area contributed by atoms with Gasteiger partial charge in [-0.25, -0.2) is 0 Å². The summed E-state index contributed by atoms with van der Waals surface area (Å²) in [6, 6.07) is 0. The van der Waals surface area contributed by atoms with Gasteiger partial charge in [-0.1, -0.05) is 25.5 Å². The van der Waals surface area contributed by atoms with Gasteiger partial charge in [0.1, 0.15) is 0 Å². The molecule has 4 nitrogen and oxygen atoms in total. The van der Waals surface area contributed by atoms with Crippen LogP contribution in [0.2, 0.25) is 0 Å². The van der Waals surface area contributed by atoms with Gasteiger partial charge in [-0.15, -0.1) is 5.10 Å². The van der Waals surface area contributed by atoms with Crippen molar-refractivity contribution >= 4 is 12.2 Å². The monoisotopic (exact) mass is 209 g/mol. The Hall–Kier alpha value is -1.32. The van der Waals surface area contributed by atoms with Crippen LogP contribution in [0.15, 0.2) is 16.8 Å². The highest BCUT2D eigenvalue weighted by atomic mass is 15.3. The highest BCUT2D eigenvalue weighted by Crippen LogP contribution is 2.31. The van der Waals surface area contributed by atoms with Gasteiger partial charge >= 0.3 is 0 Å². The normalized spacial score (nSPS) is 31.4. The quantitative estimate of drug-likeness (QED) is 0.250. The highest BCUT2D eigenvalue weighted by molar-refractivity contribution is 5.75. The molecule has 0 saturated carbocycles. The summed E-state index contributed by atoms with van der Waals surface area (Å²) < 4.78 is 0. The smallest absolute Gasteiger partial charge is 0.256 e. The van der Waals surface area contributed by atoms with Gasteiger partial charge in [0.25, 0.3) is 5.96 Å². The fourth-order valence-electron chi connectivity index (χ4n) is 2.30. The zero-order valence-corrected chi connectivity index (χ0v) is 9.70. The molecule has 1 rings (SSSR count). The number of hydrogen-bond acceptors (Lipinski definition) is 1. The lowest BCUT2D eigenvalue weighted by molar-refractivity contribution is -0.460. The van der Waals surface area contributed by atoms with Gasteiger partial charge in [-0.2, -0.15) is 0 Å². The average Bonchev–Trinajstić information content (AvgIpc) is 2.08. The Kier molecular flexibility index (Phi) is 3.88. The van der Waals surface area contributed by atoms with Crippen LogP contribution in [-0.2, 0) is 0 Å². The van der Waals surface area contributed by atoms with Crippen molar-refractivity contribution in [2.75, 3.05) is 0 Å². The van der Waals surface area contributed by atoms with E-state index >= 15 is 0 Å². The Bertz CT molecular complexity index is 300. The summed E-state index contributed by atoms with van der Waals surface area (Å²) in [6.07, 6.45) is 5.45. The molecule has 0 heterocycles. The van der Waals surface area contributed by atoms with Crippen molar-refractivity contribution in [3.63, 3.8) is 0 Å². The number of hydrogen-bond donors (Lipinski definition) is 3. The Balaban J connectivity index is 2.70. The number of hydrazone groups is 1. The van der Waals surface area contributed by atoms with E-state index in [9.17, 15) is 0 Å². The molecule has 0 radical (unpaired) electrons. The van der Waals surface area contributed by atoms with Gasteiger partial charge in [0.05, 0.1) is 0 Å². The summed E-state index contributed by atoms with van der Waals surface area (Å²) in [5.74, 6) is 1.72. The van der Waals surface area contributed by atoms with Crippen molar-refractivity contribution in [1.29, 1.82) is 0 Å². The van der Waals surface area contributed by atoms with Crippen molar-refractivity contribution in [2.24, 2.45) is 34.3 Å². The summed E-state index contributed by atoms with van der Waals surface area (Å²) in [5.41, 5.74) is 11.9. The van der Waals surface area contributed by atoms with Gasteiger partial charge in [0.2, 0.25) is 0 Å². The van der Waals surface area contributed by atoms with Gasteiger partial charge in [-0.3, -0.25) is 0 Å². The summed E-state index contributed by atoms with van der Waals surface area (Å²) in [6.45, 7) is 6.66. The third-order valence-electron chi connectivity index (χ3n) is 2.92. The first kappa shape index (κ1) is 11.8. The highest BCUT2D eigenvalue weighted by Gasteiger charge is 2.27. The van der Waals surface area contributed by atoms with E-state index in [4.69, 9.17) is 11.5 Å². The predicted molar refractivity (Wildman–Crippen MR) is 63.0 cm³/mol. The molecule has 5 N–H and O–H groups in total. The minimum atomic E-state index is 0.0640. The SMILES string of the molecule is CC1=C[C@H](C)[C@H](/C=[NH+]\N=C(N)N)[C@H](C)C1. The van der Waals surface area contributed by atoms with Crippen LogP contribution in [0.4, 0.5) is 0 Å². The maximum Gasteiger partial charge on any atom is 0.256 e. The molecule has 0 aromatic carbocycles. The van der Waals surface area contributed by atoms with Crippen LogP contribution in [0.5, 0.6) is 0 Å². The van der Waals surface area contributed by atoms with Crippen LogP contribution < -0.4 is 16.6 Å². The molecular formula is C11H21N4+. The maximum atomic E-state index is 5.23. The Morgan fingerprint density at radius 3 is 2.73 bits per heavy atom. The van der Waals surface area contributed by atoms with E-state index in [1.807, 2.05) is 6.21 Å². The van der Waals surface area contributed by atoms with Crippen LogP contribution in [-0.4, -0.2) is 12.2 Å². The molecule has 0 bridgehead atoms. The third-order valence-corrected chi connectivity index (χ3v) is 2.92. The van der Waals surface area contributed by atoms with E-state index in [2.05, 4.69) is 37.1 Å². The first-order valence-corrected chi connectivity index (χ1v) is 5.35. The second-order valence-corrected chi connectivity index (χ2v) is 4.46. The van der Waals surface area contributed by atoms with Gasteiger partial charge in [0, 0.05) is 11.0 Å². The summed E-state index contributed by atoms with van der Waals surface area (Å²) >= 11 is 0. The van der Waals surface area contributed by atoms with Crippen LogP contribution in [0.3, 0.4) is 0 Å². The maximum absolute atomic E-state index is 5.23. The molecule has 0 unspecified atom stereocenters. The number of nitrogens with zero attached hydrogens (tertiary/aromatic N) is 1. The molecular weight excluding hydrogens is 188 g/mol. The molecule has 84 valence electrons. The van der Waals surface area contributed by atoms with Crippen molar-refractivity contribution in [2.45, 2.75) is 27.2 Å². The van der Waals surface area contributed by atoms with Crippen molar-refractivity contribution in [3.05, 3.63) is 11.6 Å². The van der Waals surface area contributed by atoms with Gasteiger partial charge in [-0.05, 0) is 25.2 Å². The topological polar surface area (TPSA) is 78.4 Å². The van der Waals surface area contributed by atoms with Crippen LogP contribution in [0.25, 0.3) is 0 Å². The van der Waals surface area contributed by atoms with E-state index < -0.39 is 0 Å². The zero-order chi connectivity index (χ0) is 11.4. The molecule has 0 spiro atoms. The van der Waals surface area contributed by atoms with E-state index in [-0.39, 0.29) is 5.96 Å². The van der Waals surface area contributed by atoms with E-state index in [0.29, 0.717) is 17.8 Å². The number of rotatable bonds is 2. The third kappa shape index (κ3) is 3.38. The van der Waals surface area contributed by atoms with E-state index in [1.54, 1.807) is 0 Å². The summed E-state index contributed by atoms with van der Waals surface area (Å²) in [5, 5.41) is 6.57. The molecule has 0 aromatic rings. The largest absolute Gasteiger partial charge is 0.365 e. The van der Waals surface area contributed by atoms with Crippen molar-refractivity contribution < 1.29 is 5.10 Å². The van der Waals surface area contributed by atoms with Crippen LogP contribution >= 0.6 is 0 Å². The second-order valence-electron chi connectivity index (χ2n) is 4.46. The van der Waals surface area contributed by atoms with Gasteiger partial charge < -0.3 is 11.5 Å². The summed E-state index contributed by atoms with van der Waals surface area (Å²) in [7, 11) is 0. The van der Waals surface area contributed by atoms with E-state index in [0.717, 1.165) is 6.42 Å². The second kappa shape index (κ2) is 4.96. The average molecular weight is 209 g/mol. The first-order valence-electron chi connectivity index (χ1n) is 5.35. The van der Waals surface area contributed by atoms with Gasteiger partial charge in [0.15, 0.2) is 6.21 Å². The molecule has 0 saturated heterocycles. The lowest BCUT2D eigenvalue weighted by Crippen LogP contribution is -2.65. The lowest BCUT2D eigenvalue weighted by Gasteiger charge is -2.27. The van der Waals surface area contributed by atoms with Crippen molar-refractivity contribution in [3.8, 4) is 0 Å². The molecule has 0 amide bonds. The minimum absolute atomic E-state index is 0.0640. The molecule has 0 fully saturated rings. The molecule has 0 aromatic heterocycles. The fourth-order valence-corrected chi connectivity index (χ4v) is 2.30. The molecule has 4 heteroatoms. The fraction of sp³-hybridized carbons (Fsp3) is 0.636. The predicted octanol–water partition coefficient (Wildman–Crippen LogP) is -0.435. The standard InChI is InChI=1S/C11H20N4/c1-7-4-8(2)10(9(3)5-7)6-14-15-11(12)13/h4,6,8-10H,5H2,1-3H3,(H4,12,13,15)/p+1/b14-6-/t8-,9+,10-/m0/s1. The lowest BCUT2D eigenvalue weighted by atomic mass is 9.76. The van der Waals surface area contributed by atoms with E-state index in [1.165, 1.54) is 5.57 Å². The Morgan fingerprint density at radius 1 is 1.53 bits per heavy atom.